The van der Waals surface area contributed by atoms with Crippen molar-refractivity contribution in [1.29, 1.82) is 0 Å². The maximum atomic E-state index is 12.1. The van der Waals surface area contributed by atoms with Gasteiger partial charge in [0.2, 0.25) is 10.0 Å². The van der Waals surface area contributed by atoms with Crippen LogP contribution in [0.2, 0.25) is 0 Å². The first kappa shape index (κ1) is 21.4. The molecule has 0 heterocycles. The summed E-state index contributed by atoms with van der Waals surface area (Å²) < 4.78 is 30.9. The Kier molecular flexibility index (Phi) is 6.99. The van der Waals surface area contributed by atoms with Gasteiger partial charge in [-0.3, -0.25) is 9.52 Å². The van der Waals surface area contributed by atoms with Crippen LogP contribution < -0.4 is 14.8 Å². The summed E-state index contributed by atoms with van der Waals surface area (Å²) in [6.45, 7) is 9.34. The second kappa shape index (κ2) is 8.16. The minimum Gasteiger partial charge on any atom is -0.424 e. The number of carbonyl (C=O) groups is 1. The van der Waals surface area contributed by atoms with Crippen molar-refractivity contribution in [2.24, 2.45) is 5.41 Å². The second-order valence-corrected chi connectivity index (χ2v) is 9.10. The van der Waals surface area contributed by atoms with E-state index in [0.717, 1.165) is 6.26 Å². The van der Waals surface area contributed by atoms with Crippen molar-refractivity contribution < 1.29 is 23.1 Å². The number of sulfonamides is 1. The number of aliphatic hydroxyl groups excluding tert-OH is 1. The lowest BCUT2D eigenvalue weighted by Gasteiger charge is -2.20. The van der Waals surface area contributed by atoms with E-state index in [1.807, 2.05) is 13.8 Å². The van der Waals surface area contributed by atoms with Gasteiger partial charge < -0.3 is 15.2 Å². The fourth-order valence-corrected chi connectivity index (χ4v) is 2.40. The fraction of sp³-hybridized carbons (Fsp3) is 0.588. The van der Waals surface area contributed by atoms with Crippen molar-refractivity contribution in [2.45, 2.75) is 46.8 Å². The van der Waals surface area contributed by atoms with Crippen molar-refractivity contribution in [3.8, 4) is 5.75 Å². The standard InChI is InChI=1S/C17H28N2O5S/c1-11(2)18-10-14(20)12-7-8-15(24-16(21)17(3,4)5)13(9-12)19-25(6,22)23/h7-9,11,14,18-20H,10H2,1-6H3. The third-order valence-corrected chi connectivity index (χ3v) is 3.81. The van der Waals surface area contributed by atoms with Gasteiger partial charge in [0.05, 0.1) is 23.5 Å². The summed E-state index contributed by atoms with van der Waals surface area (Å²) in [5.74, 6) is -0.392. The van der Waals surface area contributed by atoms with Crippen LogP contribution in [0, 0.1) is 5.41 Å². The Hall–Kier alpha value is -1.64. The lowest BCUT2D eigenvalue weighted by atomic mass is 9.97. The Balaban J connectivity index is 3.14. The molecule has 142 valence electrons. The monoisotopic (exact) mass is 372 g/mol. The zero-order valence-corrected chi connectivity index (χ0v) is 16.4. The Morgan fingerprint density at radius 1 is 1.28 bits per heavy atom. The maximum Gasteiger partial charge on any atom is 0.316 e. The summed E-state index contributed by atoms with van der Waals surface area (Å²) in [7, 11) is -3.58. The zero-order valence-electron chi connectivity index (χ0n) is 15.6. The molecule has 1 atom stereocenters. The zero-order chi connectivity index (χ0) is 19.4. The number of nitrogens with one attached hydrogen (secondary N) is 2. The summed E-state index contributed by atoms with van der Waals surface area (Å²) in [5, 5.41) is 13.4. The molecule has 7 nitrogen and oxygen atoms in total. The first-order valence-corrected chi connectivity index (χ1v) is 9.94. The van der Waals surface area contributed by atoms with Crippen LogP contribution in [0.4, 0.5) is 5.69 Å². The van der Waals surface area contributed by atoms with Crippen molar-refractivity contribution in [1.82, 2.24) is 5.32 Å². The summed E-state index contributed by atoms with van der Waals surface area (Å²) in [5.41, 5.74) is -0.113. The number of ether oxygens (including phenoxy) is 1. The molecule has 0 radical (unpaired) electrons. The molecule has 1 aromatic rings. The van der Waals surface area contributed by atoms with E-state index in [4.69, 9.17) is 4.74 Å². The van der Waals surface area contributed by atoms with E-state index in [-0.39, 0.29) is 17.5 Å². The number of hydrogen-bond acceptors (Lipinski definition) is 6. The summed E-state index contributed by atoms with van der Waals surface area (Å²) in [6, 6.07) is 4.76. The molecule has 0 aromatic heterocycles. The number of benzene rings is 1. The van der Waals surface area contributed by atoms with Gasteiger partial charge in [0.15, 0.2) is 5.75 Å². The highest BCUT2D eigenvalue weighted by atomic mass is 32.2. The minimum atomic E-state index is -3.58. The van der Waals surface area contributed by atoms with E-state index in [0.29, 0.717) is 12.1 Å². The van der Waals surface area contributed by atoms with Crippen molar-refractivity contribution in [2.75, 3.05) is 17.5 Å². The van der Waals surface area contributed by atoms with Crippen LogP contribution >= 0.6 is 0 Å². The van der Waals surface area contributed by atoms with E-state index < -0.39 is 27.5 Å². The SMILES string of the molecule is CC(C)NCC(O)c1ccc(OC(=O)C(C)(C)C)c(NS(C)(=O)=O)c1. The molecule has 0 aliphatic heterocycles. The highest BCUT2D eigenvalue weighted by Crippen LogP contribution is 2.31. The van der Waals surface area contributed by atoms with Gasteiger partial charge in [-0.2, -0.15) is 0 Å². The number of carbonyl (C=O) groups excluding carboxylic acids is 1. The highest BCUT2D eigenvalue weighted by molar-refractivity contribution is 7.92. The number of rotatable bonds is 7. The Morgan fingerprint density at radius 2 is 1.88 bits per heavy atom. The molecule has 0 aliphatic carbocycles. The van der Waals surface area contributed by atoms with Crippen LogP contribution in [-0.2, 0) is 14.8 Å². The Bertz CT molecular complexity index is 708. The largest absolute Gasteiger partial charge is 0.424 e. The first-order chi connectivity index (χ1) is 11.3. The van der Waals surface area contributed by atoms with Crippen molar-refractivity contribution in [3.63, 3.8) is 0 Å². The van der Waals surface area contributed by atoms with Gasteiger partial charge in [0.25, 0.3) is 0 Å². The molecule has 0 bridgehead atoms. The smallest absolute Gasteiger partial charge is 0.316 e. The molecule has 0 amide bonds. The summed E-state index contributed by atoms with van der Waals surface area (Å²) in [4.78, 5) is 12.1. The van der Waals surface area contributed by atoms with Gasteiger partial charge in [-0.15, -0.1) is 0 Å². The molecular weight excluding hydrogens is 344 g/mol. The average Bonchev–Trinajstić information content (AvgIpc) is 2.43. The van der Waals surface area contributed by atoms with Crippen LogP contribution in [0.1, 0.15) is 46.3 Å². The third kappa shape index (κ3) is 7.41. The van der Waals surface area contributed by atoms with Gasteiger partial charge in [-0.1, -0.05) is 19.9 Å². The summed E-state index contributed by atoms with van der Waals surface area (Å²) in [6.07, 6.45) is 0.182. The Morgan fingerprint density at radius 3 is 2.36 bits per heavy atom. The van der Waals surface area contributed by atoms with Crippen LogP contribution in [0.15, 0.2) is 18.2 Å². The molecule has 0 fully saturated rings. The second-order valence-electron chi connectivity index (χ2n) is 7.35. The molecule has 0 spiro atoms. The predicted octanol–water partition coefficient (Wildman–Crippen LogP) is 2.04. The van der Waals surface area contributed by atoms with Crippen LogP contribution in [0.5, 0.6) is 5.75 Å². The fourth-order valence-electron chi connectivity index (χ4n) is 1.84. The summed E-state index contributed by atoms with van der Waals surface area (Å²) >= 11 is 0. The quantitative estimate of drug-likeness (QED) is 0.500. The maximum absolute atomic E-state index is 12.1. The van der Waals surface area contributed by atoms with Crippen molar-refractivity contribution in [3.05, 3.63) is 23.8 Å². The molecule has 25 heavy (non-hydrogen) atoms. The molecule has 1 aromatic carbocycles. The first-order valence-electron chi connectivity index (χ1n) is 8.05. The van der Waals surface area contributed by atoms with Gasteiger partial charge in [-0.05, 0) is 38.5 Å². The molecule has 8 heteroatoms. The molecule has 1 unspecified atom stereocenters. The van der Waals surface area contributed by atoms with Crippen LogP contribution in [-0.4, -0.2) is 38.3 Å². The molecule has 0 saturated carbocycles. The predicted molar refractivity (Wildman–Crippen MR) is 98.1 cm³/mol. The normalized spacial score (nSPS) is 13.6. The van der Waals surface area contributed by atoms with E-state index in [1.165, 1.54) is 12.1 Å². The highest BCUT2D eigenvalue weighted by Gasteiger charge is 2.25. The van der Waals surface area contributed by atoms with Gasteiger partial charge >= 0.3 is 5.97 Å². The number of anilines is 1. The lowest BCUT2D eigenvalue weighted by Crippen LogP contribution is -2.28. The van der Waals surface area contributed by atoms with E-state index in [2.05, 4.69) is 10.0 Å². The van der Waals surface area contributed by atoms with Crippen LogP contribution in [0.25, 0.3) is 0 Å². The molecule has 0 aliphatic rings. The minimum absolute atomic E-state index is 0.0955. The third-order valence-electron chi connectivity index (χ3n) is 3.22. The molecule has 3 N–H and O–H groups in total. The molecule has 1 rings (SSSR count). The number of esters is 1. The van der Waals surface area contributed by atoms with Crippen LogP contribution in [0.3, 0.4) is 0 Å². The van der Waals surface area contributed by atoms with Gasteiger partial charge in [-0.25, -0.2) is 8.42 Å². The topological polar surface area (TPSA) is 105 Å². The van der Waals surface area contributed by atoms with E-state index >= 15 is 0 Å². The molecule has 0 saturated heterocycles. The van der Waals surface area contributed by atoms with Gasteiger partial charge in [0, 0.05) is 12.6 Å². The van der Waals surface area contributed by atoms with E-state index in [1.54, 1.807) is 26.8 Å². The average molecular weight is 372 g/mol. The lowest BCUT2D eigenvalue weighted by molar-refractivity contribution is -0.142. The number of hydrogen-bond donors (Lipinski definition) is 3. The van der Waals surface area contributed by atoms with Crippen molar-refractivity contribution >= 4 is 21.7 Å². The van der Waals surface area contributed by atoms with Gasteiger partial charge in [0.1, 0.15) is 0 Å². The number of aliphatic hydroxyl groups is 1. The Labute approximate surface area is 149 Å². The molecular formula is C17H28N2O5S. The van der Waals surface area contributed by atoms with E-state index in [9.17, 15) is 18.3 Å².